The summed E-state index contributed by atoms with van der Waals surface area (Å²) in [7, 11) is 0. The highest BCUT2D eigenvalue weighted by molar-refractivity contribution is 5.73. The average Bonchev–Trinajstić information content (AvgIpc) is 2.35. The molecule has 4 heteroatoms. The summed E-state index contributed by atoms with van der Waals surface area (Å²) >= 11 is 0. The lowest BCUT2D eigenvalue weighted by Crippen LogP contribution is -2.17. The third kappa shape index (κ3) is 5.37. The van der Waals surface area contributed by atoms with Crippen molar-refractivity contribution in [3.8, 4) is 17.9 Å². The fraction of sp³-hybridized carbons (Fsp3) is 0.312. The fourth-order valence-electron chi connectivity index (χ4n) is 1.49. The van der Waals surface area contributed by atoms with Crippen LogP contribution < -0.4 is 4.74 Å². The smallest absolute Gasteiger partial charge is 0.311 e. The molecule has 0 bridgehead atoms. The van der Waals surface area contributed by atoms with E-state index in [1.807, 2.05) is 20.8 Å². The Balaban J connectivity index is 2.74. The number of rotatable bonds is 3. The predicted octanol–water partition coefficient (Wildman–Crippen LogP) is 3.46. The number of esters is 1. The van der Waals surface area contributed by atoms with Crippen molar-refractivity contribution in [2.24, 2.45) is 5.41 Å². The lowest BCUT2D eigenvalue weighted by atomic mass is 9.92. The van der Waals surface area contributed by atoms with E-state index < -0.39 is 0 Å². The lowest BCUT2D eigenvalue weighted by Gasteiger charge is -2.16. The maximum absolute atomic E-state index is 11.7. The minimum atomic E-state index is -0.282. The second-order valence-corrected chi connectivity index (χ2v) is 5.56. The van der Waals surface area contributed by atoms with Crippen molar-refractivity contribution in [2.45, 2.75) is 27.2 Å². The molecule has 0 N–H and O–H groups in total. The third-order valence-electron chi connectivity index (χ3n) is 2.34. The van der Waals surface area contributed by atoms with Crippen molar-refractivity contribution in [1.29, 1.82) is 10.5 Å². The molecule has 0 unspecified atom stereocenters. The van der Waals surface area contributed by atoms with Gasteiger partial charge in [0.15, 0.2) is 0 Å². The van der Waals surface area contributed by atoms with Gasteiger partial charge in [-0.15, -0.1) is 0 Å². The van der Waals surface area contributed by atoms with Crippen LogP contribution in [0.2, 0.25) is 0 Å². The van der Waals surface area contributed by atoms with Gasteiger partial charge in [0, 0.05) is 0 Å². The monoisotopic (exact) mass is 268 g/mol. The van der Waals surface area contributed by atoms with Crippen LogP contribution in [0.25, 0.3) is 6.08 Å². The van der Waals surface area contributed by atoms with Crippen molar-refractivity contribution < 1.29 is 9.53 Å². The Bertz CT molecular complexity index is 577. The Labute approximate surface area is 118 Å². The molecule has 0 spiro atoms. The summed E-state index contributed by atoms with van der Waals surface area (Å²) in [5.74, 6) is 0.169. The zero-order valence-electron chi connectivity index (χ0n) is 11.8. The molecule has 0 aliphatic rings. The number of benzene rings is 1. The van der Waals surface area contributed by atoms with Crippen molar-refractivity contribution >= 4 is 12.0 Å². The van der Waals surface area contributed by atoms with E-state index in [0.29, 0.717) is 17.7 Å². The first-order valence-corrected chi connectivity index (χ1v) is 6.17. The van der Waals surface area contributed by atoms with Gasteiger partial charge < -0.3 is 4.74 Å². The summed E-state index contributed by atoms with van der Waals surface area (Å²) in [6.45, 7) is 5.90. The van der Waals surface area contributed by atoms with Gasteiger partial charge in [0.1, 0.15) is 23.5 Å². The number of nitriles is 2. The van der Waals surface area contributed by atoms with Crippen LogP contribution in [-0.4, -0.2) is 5.97 Å². The first-order chi connectivity index (χ1) is 9.34. The first-order valence-electron chi connectivity index (χ1n) is 6.17. The number of ether oxygens (including phenoxy) is 1. The number of carbonyl (C=O) groups is 1. The SMILES string of the molecule is CC(C)(C)CC(=O)Oc1ccc(C=C(C#N)C#N)cc1. The number of hydrogen-bond donors (Lipinski definition) is 0. The summed E-state index contributed by atoms with van der Waals surface area (Å²) in [5, 5.41) is 17.3. The summed E-state index contributed by atoms with van der Waals surface area (Å²) in [5.41, 5.74) is 0.620. The largest absolute Gasteiger partial charge is 0.427 e. The maximum atomic E-state index is 11.7. The molecule has 0 saturated heterocycles. The van der Waals surface area contributed by atoms with Gasteiger partial charge in [-0.1, -0.05) is 32.9 Å². The van der Waals surface area contributed by atoms with Crippen molar-refractivity contribution in [3.63, 3.8) is 0 Å². The molecule has 0 atom stereocenters. The maximum Gasteiger partial charge on any atom is 0.311 e. The van der Waals surface area contributed by atoms with E-state index in [0.717, 1.165) is 0 Å². The highest BCUT2D eigenvalue weighted by Gasteiger charge is 2.17. The summed E-state index contributed by atoms with van der Waals surface area (Å²) in [6, 6.07) is 10.2. The van der Waals surface area contributed by atoms with Crippen LogP contribution in [0.5, 0.6) is 5.75 Å². The topological polar surface area (TPSA) is 73.9 Å². The van der Waals surface area contributed by atoms with Gasteiger partial charge in [0.25, 0.3) is 0 Å². The van der Waals surface area contributed by atoms with Gasteiger partial charge in [-0.2, -0.15) is 10.5 Å². The van der Waals surface area contributed by atoms with Gasteiger partial charge in [-0.3, -0.25) is 4.79 Å². The van der Waals surface area contributed by atoms with Crippen LogP contribution >= 0.6 is 0 Å². The van der Waals surface area contributed by atoms with E-state index in [9.17, 15) is 4.79 Å². The molecule has 20 heavy (non-hydrogen) atoms. The second kappa shape index (κ2) is 6.54. The number of hydrogen-bond acceptors (Lipinski definition) is 4. The molecular weight excluding hydrogens is 252 g/mol. The van der Waals surface area contributed by atoms with Gasteiger partial charge in [-0.05, 0) is 29.2 Å². The molecule has 102 valence electrons. The summed E-state index contributed by atoms with van der Waals surface area (Å²) in [6.07, 6.45) is 1.81. The Morgan fingerprint density at radius 3 is 2.20 bits per heavy atom. The summed E-state index contributed by atoms with van der Waals surface area (Å²) < 4.78 is 5.21. The molecule has 1 rings (SSSR count). The van der Waals surface area contributed by atoms with E-state index in [-0.39, 0.29) is 17.0 Å². The molecule has 0 saturated carbocycles. The molecule has 0 fully saturated rings. The Morgan fingerprint density at radius 2 is 1.75 bits per heavy atom. The average molecular weight is 268 g/mol. The molecule has 4 nitrogen and oxygen atoms in total. The molecule has 0 amide bonds. The zero-order chi connectivity index (χ0) is 15.2. The third-order valence-corrected chi connectivity index (χ3v) is 2.34. The Hall–Kier alpha value is -2.59. The molecule has 0 aliphatic carbocycles. The van der Waals surface area contributed by atoms with E-state index in [2.05, 4.69) is 0 Å². The van der Waals surface area contributed by atoms with Crippen LogP contribution in [0, 0.1) is 28.1 Å². The first kappa shape index (κ1) is 15.5. The van der Waals surface area contributed by atoms with Crippen LogP contribution in [0.15, 0.2) is 29.8 Å². The van der Waals surface area contributed by atoms with Crippen LogP contribution in [0.4, 0.5) is 0 Å². The summed E-state index contributed by atoms with van der Waals surface area (Å²) in [4.78, 5) is 11.7. The number of allylic oxidation sites excluding steroid dienone is 1. The van der Waals surface area contributed by atoms with Gasteiger partial charge >= 0.3 is 5.97 Å². The van der Waals surface area contributed by atoms with Crippen LogP contribution in [0.1, 0.15) is 32.8 Å². The van der Waals surface area contributed by atoms with Crippen LogP contribution in [0.3, 0.4) is 0 Å². The minimum Gasteiger partial charge on any atom is -0.427 e. The zero-order valence-corrected chi connectivity index (χ0v) is 11.8. The molecule has 0 aliphatic heterocycles. The highest BCUT2D eigenvalue weighted by Crippen LogP contribution is 2.21. The van der Waals surface area contributed by atoms with E-state index in [1.165, 1.54) is 6.08 Å². The highest BCUT2D eigenvalue weighted by atomic mass is 16.5. The van der Waals surface area contributed by atoms with Crippen molar-refractivity contribution in [1.82, 2.24) is 0 Å². The molecule has 1 aromatic rings. The molecule has 1 aromatic carbocycles. The quantitative estimate of drug-likeness (QED) is 0.478. The van der Waals surface area contributed by atoms with Gasteiger partial charge in [-0.25, -0.2) is 0 Å². The Morgan fingerprint density at radius 1 is 1.20 bits per heavy atom. The van der Waals surface area contributed by atoms with Gasteiger partial charge in [0.05, 0.1) is 6.42 Å². The predicted molar refractivity (Wildman–Crippen MR) is 75.4 cm³/mol. The van der Waals surface area contributed by atoms with E-state index in [1.54, 1.807) is 36.4 Å². The minimum absolute atomic E-state index is 0.0301. The molecule has 0 radical (unpaired) electrons. The fourth-order valence-corrected chi connectivity index (χ4v) is 1.49. The van der Waals surface area contributed by atoms with Crippen molar-refractivity contribution in [2.75, 3.05) is 0 Å². The van der Waals surface area contributed by atoms with Gasteiger partial charge in [0.2, 0.25) is 0 Å². The molecular formula is C16H16N2O2. The molecule has 0 aromatic heterocycles. The lowest BCUT2D eigenvalue weighted by molar-refractivity contribution is -0.136. The van der Waals surface area contributed by atoms with E-state index >= 15 is 0 Å². The van der Waals surface area contributed by atoms with E-state index in [4.69, 9.17) is 15.3 Å². The molecule has 0 heterocycles. The van der Waals surface area contributed by atoms with Crippen LogP contribution in [-0.2, 0) is 4.79 Å². The second-order valence-electron chi connectivity index (χ2n) is 5.56. The number of carbonyl (C=O) groups excluding carboxylic acids is 1. The Kier molecular flexibility index (Phi) is 5.06. The normalized spacial score (nSPS) is 10.1. The number of nitrogens with zero attached hydrogens (tertiary/aromatic N) is 2. The van der Waals surface area contributed by atoms with Crippen molar-refractivity contribution in [3.05, 3.63) is 35.4 Å². The standard InChI is InChI=1S/C16H16N2O2/c1-16(2,3)9-15(19)20-14-6-4-12(5-7-14)8-13(10-17)11-18/h4-8H,9H2,1-3H3.